The van der Waals surface area contributed by atoms with E-state index in [1.807, 2.05) is 19.9 Å². The van der Waals surface area contributed by atoms with E-state index in [4.69, 9.17) is 4.74 Å². The maximum Gasteiger partial charge on any atom is 0.126 e. The standard InChI is InChI=1S/C22H34O3/c1-6-7-8-9-16-13-19(23)21(20(14-16)25-5)17-12-15(2)10-11-18(17)22(3,4)24/h10,13-14,17-18,23-24H,6-9,11-12H2,1-5H3/t17-,18-/m1/s1. The summed E-state index contributed by atoms with van der Waals surface area (Å²) in [5, 5.41) is 21.5. The minimum absolute atomic E-state index is 0.0574. The number of aliphatic hydroxyl groups is 1. The van der Waals surface area contributed by atoms with Crippen LogP contribution in [-0.2, 0) is 6.42 Å². The summed E-state index contributed by atoms with van der Waals surface area (Å²) in [4.78, 5) is 0. The fraction of sp³-hybridized carbons (Fsp3) is 0.636. The molecule has 1 aliphatic carbocycles. The molecule has 1 aromatic carbocycles. The summed E-state index contributed by atoms with van der Waals surface area (Å²) in [5.74, 6) is 1.17. The number of allylic oxidation sites excluding steroid dienone is 2. The second-order valence-corrected chi connectivity index (χ2v) is 8.04. The molecule has 2 atom stereocenters. The second-order valence-electron chi connectivity index (χ2n) is 8.04. The summed E-state index contributed by atoms with van der Waals surface area (Å²) < 4.78 is 5.66. The predicted molar refractivity (Wildman–Crippen MR) is 103 cm³/mol. The van der Waals surface area contributed by atoms with Crippen LogP contribution in [0, 0.1) is 5.92 Å². The molecule has 3 heteroatoms. The van der Waals surface area contributed by atoms with E-state index in [0.29, 0.717) is 5.75 Å². The van der Waals surface area contributed by atoms with Gasteiger partial charge >= 0.3 is 0 Å². The van der Waals surface area contributed by atoms with E-state index in [1.54, 1.807) is 7.11 Å². The Balaban J connectivity index is 2.40. The lowest BCUT2D eigenvalue weighted by atomic mass is 9.69. The zero-order chi connectivity index (χ0) is 18.6. The smallest absolute Gasteiger partial charge is 0.126 e. The van der Waals surface area contributed by atoms with Crippen LogP contribution in [0.25, 0.3) is 0 Å². The van der Waals surface area contributed by atoms with Gasteiger partial charge < -0.3 is 14.9 Å². The van der Waals surface area contributed by atoms with Crippen LogP contribution in [0.15, 0.2) is 23.8 Å². The van der Waals surface area contributed by atoms with Crippen molar-refractivity contribution < 1.29 is 14.9 Å². The van der Waals surface area contributed by atoms with Crippen molar-refractivity contribution >= 4 is 0 Å². The van der Waals surface area contributed by atoms with E-state index >= 15 is 0 Å². The van der Waals surface area contributed by atoms with Crippen molar-refractivity contribution in [2.24, 2.45) is 5.92 Å². The Hall–Kier alpha value is -1.48. The summed E-state index contributed by atoms with van der Waals surface area (Å²) in [5.41, 5.74) is 2.47. The highest BCUT2D eigenvalue weighted by Gasteiger charge is 2.38. The van der Waals surface area contributed by atoms with Crippen molar-refractivity contribution in [2.45, 2.75) is 77.7 Å². The molecule has 3 nitrogen and oxygen atoms in total. The van der Waals surface area contributed by atoms with E-state index in [1.165, 1.54) is 18.4 Å². The van der Waals surface area contributed by atoms with Crippen molar-refractivity contribution in [3.05, 3.63) is 34.9 Å². The average Bonchev–Trinajstić information content (AvgIpc) is 2.53. The highest BCUT2D eigenvalue weighted by atomic mass is 16.5. The first kappa shape index (κ1) is 19.8. The first-order valence-corrected chi connectivity index (χ1v) is 9.55. The third kappa shape index (κ3) is 4.78. The maximum absolute atomic E-state index is 10.8. The quantitative estimate of drug-likeness (QED) is 0.517. The fourth-order valence-corrected chi connectivity index (χ4v) is 4.08. The van der Waals surface area contributed by atoms with Crippen LogP contribution in [0.1, 0.15) is 76.8 Å². The Morgan fingerprint density at radius 1 is 1.24 bits per heavy atom. The third-order valence-electron chi connectivity index (χ3n) is 5.49. The van der Waals surface area contributed by atoms with Gasteiger partial charge in [0.05, 0.1) is 12.7 Å². The van der Waals surface area contributed by atoms with Gasteiger partial charge in [0, 0.05) is 11.5 Å². The molecular weight excluding hydrogens is 312 g/mol. The number of rotatable bonds is 7. The topological polar surface area (TPSA) is 49.7 Å². The van der Waals surface area contributed by atoms with Gasteiger partial charge in [-0.3, -0.25) is 0 Å². The number of hydrogen-bond acceptors (Lipinski definition) is 3. The number of phenols is 1. The largest absolute Gasteiger partial charge is 0.508 e. The SMILES string of the molecule is CCCCCc1cc(O)c([C@@H]2CC(C)=CC[C@H]2C(C)(C)O)c(OC)c1. The molecule has 0 spiro atoms. The van der Waals surface area contributed by atoms with Crippen LogP contribution in [0.5, 0.6) is 11.5 Å². The molecule has 0 fully saturated rings. The number of methoxy groups -OCH3 is 1. The lowest BCUT2D eigenvalue weighted by Gasteiger charge is -2.39. The Bertz CT molecular complexity index is 610. The van der Waals surface area contributed by atoms with Crippen LogP contribution in [0.4, 0.5) is 0 Å². The molecule has 1 aromatic rings. The molecule has 0 radical (unpaired) electrons. The number of benzene rings is 1. The Kier molecular flexibility index (Phi) is 6.56. The van der Waals surface area contributed by atoms with Gasteiger partial charge in [-0.2, -0.15) is 0 Å². The number of phenolic OH excluding ortho intramolecular Hbond substituents is 1. The molecule has 1 aliphatic rings. The molecule has 0 heterocycles. The zero-order valence-corrected chi connectivity index (χ0v) is 16.4. The van der Waals surface area contributed by atoms with Crippen molar-refractivity contribution in [1.82, 2.24) is 0 Å². The molecule has 2 N–H and O–H groups in total. The first-order valence-electron chi connectivity index (χ1n) is 9.55. The lowest BCUT2D eigenvalue weighted by Crippen LogP contribution is -2.36. The van der Waals surface area contributed by atoms with Crippen molar-refractivity contribution in [3.63, 3.8) is 0 Å². The van der Waals surface area contributed by atoms with Gasteiger partial charge in [-0.15, -0.1) is 0 Å². The monoisotopic (exact) mass is 346 g/mol. The van der Waals surface area contributed by atoms with Gasteiger partial charge in [-0.25, -0.2) is 0 Å². The van der Waals surface area contributed by atoms with Crippen molar-refractivity contribution in [3.8, 4) is 11.5 Å². The molecular formula is C22H34O3. The highest BCUT2D eigenvalue weighted by Crippen LogP contribution is 2.49. The molecule has 25 heavy (non-hydrogen) atoms. The molecule has 0 amide bonds. The number of unbranched alkanes of at least 4 members (excludes halogenated alkanes) is 2. The summed E-state index contributed by atoms with van der Waals surface area (Å²) in [7, 11) is 1.67. The minimum Gasteiger partial charge on any atom is -0.508 e. The van der Waals surface area contributed by atoms with Crippen LogP contribution < -0.4 is 4.74 Å². The number of hydrogen-bond donors (Lipinski definition) is 2. The number of aryl methyl sites for hydroxylation is 1. The van der Waals surface area contributed by atoms with Crippen LogP contribution in [-0.4, -0.2) is 22.9 Å². The molecule has 0 aliphatic heterocycles. The van der Waals surface area contributed by atoms with E-state index in [9.17, 15) is 10.2 Å². The Labute approximate surface area is 152 Å². The molecule has 0 saturated heterocycles. The van der Waals surface area contributed by atoms with E-state index < -0.39 is 5.60 Å². The Morgan fingerprint density at radius 2 is 1.96 bits per heavy atom. The van der Waals surface area contributed by atoms with Crippen molar-refractivity contribution in [1.29, 1.82) is 0 Å². The average molecular weight is 347 g/mol. The second kappa shape index (κ2) is 8.27. The zero-order valence-electron chi connectivity index (χ0n) is 16.4. The molecule has 0 bridgehead atoms. The maximum atomic E-state index is 10.8. The van der Waals surface area contributed by atoms with Crippen LogP contribution >= 0.6 is 0 Å². The summed E-state index contributed by atoms with van der Waals surface area (Å²) >= 11 is 0. The van der Waals surface area contributed by atoms with Gasteiger partial charge in [0.25, 0.3) is 0 Å². The summed E-state index contributed by atoms with van der Waals surface area (Å²) in [6.07, 6.45) is 8.32. The Morgan fingerprint density at radius 3 is 2.56 bits per heavy atom. The van der Waals surface area contributed by atoms with Crippen LogP contribution in [0.3, 0.4) is 0 Å². The predicted octanol–water partition coefficient (Wildman–Crippen LogP) is 5.34. The molecule has 0 unspecified atom stereocenters. The third-order valence-corrected chi connectivity index (χ3v) is 5.49. The molecule has 0 aromatic heterocycles. The van der Waals surface area contributed by atoms with Crippen molar-refractivity contribution in [2.75, 3.05) is 7.11 Å². The van der Waals surface area contributed by atoms with Gasteiger partial charge in [0.15, 0.2) is 0 Å². The highest BCUT2D eigenvalue weighted by molar-refractivity contribution is 5.51. The molecule has 0 saturated carbocycles. The molecule has 2 rings (SSSR count). The molecule has 140 valence electrons. The van der Waals surface area contributed by atoms with Gasteiger partial charge in [0.2, 0.25) is 0 Å². The van der Waals surface area contributed by atoms with E-state index in [2.05, 4.69) is 26.0 Å². The fourth-order valence-electron chi connectivity index (χ4n) is 4.08. The summed E-state index contributed by atoms with van der Waals surface area (Å²) in [6.45, 7) is 8.04. The normalized spacial score (nSPS) is 21.1. The summed E-state index contributed by atoms with van der Waals surface area (Å²) in [6, 6.07) is 3.96. The van der Waals surface area contributed by atoms with Gasteiger partial charge in [-0.05, 0) is 70.1 Å². The number of ether oxygens (including phenoxy) is 1. The van der Waals surface area contributed by atoms with E-state index in [0.717, 1.165) is 42.6 Å². The minimum atomic E-state index is -0.806. The van der Waals surface area contributed by atoms with E-state index in [-0.39, 0.29) is 11.8 Å². The van der Waals surface area contributed by atoms with Crippen LogP contribution in [0.2, 0.25) is 0 Å². The lowest BCUT2D eigenvalue weighted by molar-refractivity contribution is 0.00269. The van der Waals surface area contributed by atoms with Gasteiger partial charge in [-0.1, -0.05) is 31.4 Å². The van der Waals surface area contributed by atoms with Gasteiger partial charge in [0.1, 0.15) is 11.5 Å². The number of aromatic hydroxyl groups is 1. The first-order chi connectivity index (χ1) is 11.8.